The minimum Gasteiger partial charge on any atom is -0.481 e. The highest BCUT2D eigenvalue weighted by molar-refractivity contribution is 5.95. The Morgan fingerprint density at radius 2 is 1.74 bits per heavy atom. The zero-order valence-corrected chi connectivity index (χ0v) is 14.1. The van der Waals surface area contributed by atoms with E-state index in [9.17, 15) is 9.59 Å². The molecule has 2 rings (SSSR count). The second-order valence-electron chi connectivity index (χ2n) is 6.33. The van der Waals surface area contributed by atoms with Gasteiger partial charge in [-0.1, -0.05) is 19.3 Å². The number of carboxylic acids is 1. The first kappa shape index (κ1) is 17.3. The molecule has 0 saturated heterocycles. The second-order valence-corrected chi connectivity index (χ2v) is 6.33. The molecule has 0 bridgehead atoms. The van der Waals surface area contributed by atoms with E-state index in [2.05, 4.69) is 0 Å². The number of aliphatic carboxylic acids is 1. The van der Waals surface area contributed by atoms with Crippen LogP contribution in [-0.4, -0.2) is 41.6 Å². The molecule has 1 fully saturated rings. The minimum absolute atomic E-state index is 0.0212. The third kappa shape index (κ3) is 4.24. The molecule has 1 N–H and O–H groups in total. The molecule has 5 nitrogen and oxygen atoms in total. The molecule has 0 aliphatic heterocycles. The molecule has 0 spiro atoms. The standard InChI is InChI=1S/C18H25NO4/c1-12-9-14(10-13(2)17(12)23-11-16(20)21)18(22)19(3)15-7-5-4-6-8-15/h9-10,15H,4-8,11H2,1-3H3,(H,20,21). The van der Waals surface area contributed by atoms with Gasteiger partial charge in [0.2, 0.25) is 0 Å². The van der Waals surface area contributed by atoms with Gasteiger partial charge in [0.15, 0.2) is 6.61 Å². The van der Waals surface area contributed by atoms with Gasteiger partial charge in [-0.05, 0) is 49.9 Å². The topological polar surface area (TPSA) is 66.8 Å². The molecule has 126 valence electrons. The number of rotatable bonds is 5. The van der Waals surface area contributed by atoms with Gasteiger partial charge in [0.05, 0.1) is 0 Å². The van der Waals surface area contributed by atoms with Gasteiger partial charge in [-0.15, -0.1) is 0 Å². The number of carboxylic acid groups (broad SMARTS) is 1. The molecule has 0 radical (unpaired) electrons. The lowest BCUT2D eigenvalue weighted by atomic mass is 9.94. The highest BCUT2D eigenvalue weighted by atomic mass is 16.5. The summed E-state index contributed by atoms with van der Waals surface area (Å²) in [6.07, 6.45) is 5.76. The van der Waals surface area contributed by atoms with Gasteiger partial charge in [-0.2, -0.15) is 0 Å². The normalized spacial score (nSPS) is 15.3. The fourth-order valence-electron chi connectivity index (χ4n) is 3.27. The molecule has 1 aromatic rings. The fourth-order valence-corrected chi connectivity index (χ4v) is 3.27. The number of aryl methyl sites for hydroxylation is 2. The van der Waals surface area contributed by atoms with Crippen LogP contribution in [0.1, 0.15) is 53.6 Å². The van der Waals surface area contributed by atoms with Crippen molar-refractivity contribution in [2.45, 2.75) is 52.0 Å². The molecule has 23 heavy (non-hydrogen) atoms. The Morgan fingerprint density at radius 3 is 2.26 bits per heavy atom. The van der Waals surface area contributed by atoms with E-state index in [4.69, 9.17) is 9.84 Å². The Hall–Kier alpha value is -2.04. The monoisotopic (exact) mass is 319 g/mol. The summed E-state index contributed by atoms with van der Waals surface area (Å²) in [6, 6.07) is 3.89. The summed E-state index contributed by atoms with van der Waals surface area (Å²) in [5.41, 5.74) is 2.20. The van der Waals surface area contributed by atoms with Crippen LogP contribution in [0.3, 0.4) is 0 Å². The van der Waals surface area contributed by atoms with Gasteiger partial charge >= 0.3 is 5.97 Å². The van der Waals surface area contributed by atoms with Crippen LogP contribution in [0.15, 0.2) is 12.1 Å². The predicted octanol–water partition coefficient (Wildman–Crippen LogP) is 3.17. The summed E-state index contributed by atoms with van der Waals surface area (Å²) in [4.78, 5) is 25.2. The summed E-state index contributed by atoms with van der Waals surface area (Å²) >= 11 is 0. The van der Waals surface area contributed by atoms with Crippen LogP contribution in [0.5, 0.6) is 5.75 Å². The number of nitrogens with zero attached hydrogens (tertiary/aromatic N) is 1. The highest BCUT2D eigenvalue weighted by Crippen LogP contribution is 2.27. The van der Waals surface area contributed by atoms with Gasteiger partial charge < -0.3 is 14.7 Å². The Bertz CT molecular complexity index is 568. The first-order valence-corrected chi connectivity index (χ1v) is 8.13. The van der Waals surface area contributed by atoms with Crippen LogP contribution >= 0.6 is 0 Å². The van der Waals surface area contributed by atoms with E-state index in [0.717, 1.165) is 24.0 Å². The minimum atomic E-state index is -1.01. The van der Waals surface area contributed by atoms with Crippen molar-refractivity contribution in [2.24, 2.45) is 0 Å². The lowest BCUT2D eigenvalue weighted by Gasteiger charge is -2.31. The van der Waals surface area contributed by atoms with E-state index in [1.54, 1.807) is 12.1 Å². The maximum absolute atomic E-state index is 12.7. The van der Waals surface area contributed by atoms with Crippen molar-refractivity contribution < 1.29 is 19.4 Å². The van der Waals surface area contributed by atoms with Crippen molar-refractivity contribution in [2.75, 3.05) is 13.7 Å². The molecule has 0 heterocycles. The van der Waals surface area contributed by atoms with Gasteiger partial charge in [0.1, 0.15) is 5.75 Å². The molecule has 1 saturated carbocycles. The SMILES string of the molecule is Cc1cc(C(=O)N(C)C2CCCCC2)cc(C)c1OCC(=O)O. The zero-order chi connectivity index (χ0) is 17.0. The van der Waals surface area contributed by atoms with Crippen LogP contribution in [0.4, 0.5) is 0 Å². The number of amides is 1. The summed E-state index contributed by atoms with van der Waals surface area (Å²) in [5.74, 6) is -0.446. The van der Waals surface area contributed by atoms with Crippen molar-refractivity contribution in [3.8, 4) is 5.75 Å². The molecule has 1 amide bonds. The van der Waals surface area contributed by atoms with Crippen LogP contribution in [0.2, 0.25) is 0 Å². The fraction of sp³-hybridized carbons (Fsp3) is 0.556. The van der Waals surface area contributed by atoms with Gasteiger partial charge in [-0.25, -0.2) is 4.79 Å². The summed E-state index contributed by atoms with van der Waals surface area (Å²) in [6.45, 7) is 3.29. The molecular formula is C18H25NO4. The average Bonchev–Trinajstić information content (AvgIpc) is 2.53. The Labute approximate surface area is 137 Å². The quantitative estimate of drug-likeness (QED) is 0.905. The molecular weight excluding hydrogens is 294 g/mol. The van der Waals surface area contributed by atoms with E-state index >= 15 is 0 Å². The van der Waals surface area contributed by atoms with Crippen molar-refractivity contribution in [1.82, 2.24) is 4.90 Å². The van der Waals surface area contributed by atoms with Gasteiger partial charge in [0, 0.05) is 18.7 Å². The third-order valence-electron chi connectivity index (χ3n) is 4.49. The second kappa shape index (κ2) is 7.49. The number of ether oxygens (including phenoxy) is 1. The van der Waals surface area contributed by atoms with Crippen molar-refractivity contribution in [3.05, 3.63) is 28.8 Å². The maximum atomic E-state index is 12.7. The molecule has 0 unspecified atom stereocenters. The van der Waals surface area contributed by atoms with Crippen molar-refractivity contribution in [1.29, 1.82) is 0 Å². The molecule has 1 aliphatic rings. The zero-order valence-electron chi connectivity index (χ0n) is 14.1. The lowest BCUT2D eigenvalue weighted by molar-refractivity contribution is -0.139. The van der Waals surface area contributed by atoms with Gasteiger partial charge in [-0.3, -0.25) is 4.79 Å². The Kier molecular flexibility index (Phi) is 5.64. The molecule has 1 aliphatic carbocycles. The van der Waals surface area contributed by atoms with Gasteiger partial charge in [0.25, 0.3) is 5.91 Å². The average molecular weight is 319 g/mol. The van der Waals surface area contributed by atoms with Crippen LogP contribution in [0, 0.1) is 13.8 Å². The third-order valence-corrected chi connectivity index (χ3v) is 4.49. The van der Waals surface area contributed by atoms with Crippen LogP contribution in [-0.2, 0) is 4.79 Å². The summed E-state index contributed by atoms with van der Waals surface area (Å²) in [5, 5.41) is 8.73. The number of hydrogen-bond donors (Lipinski definition) is 1. The first-order chi connectivity index (χ1) is 10.9. The number of carbonyl (C=O) groups excluding carboxylic acids is 1. The Morgan fingerprint density at radius 1 is 1.17 bits per heavy atom. The van der Waals surface area contributed by atoms with E-state index in [1.165, 1.54) is 19.3 Å². The maximum Gasteiger partial charge on any atom is 0.341 e. The number of carbonyl (C=O) groups is 2. The Balaban J connectivity index is 2.16. The first-order valence-electron chi connectivity index (χ1n) is 8.13. The van der Waals surface area contributed by atoms with Crippen molar-refractivity contribution >= 4 is 11.9 Å². The highest BCUT2D eigenvalue weighted by Gasteiger charge is 2.23. The van der Waals surface area contributed by atoms with Crippen LogP contribution in [0.25, 0.3) is 0 Å². The predicted molar refractivity (Wildman–Crippen MR) is 88.0 cm³/mol. The van der Waals surface area contributed by atoms with Crippen molar-refractivity contribution in [3.63, 3.8) is 0 Å². The van der Waals surface area contributed by atoms with E-state index in [0.29, 0.717) is 17.4 Å². The van der Waals surface area contributed by atoms with E-state index < -0.39 is 5.97 Å². The van der Waals surface area contributed by atoms with E-state index in [1.807, 2.05) is 25.8 Å². The largest absolute Gasteiger partial charge is 0.481 e. The molecule has 0 atom stereocenters. The molecule has 0 aromatic heterocycles. The summed E-state index contributed by atoms with van der Waals surface area (Å²) < 4.78 is 5.32. The number of benzene rings is 1. The smallest absolute Gasteiger partial charge is 0.341 e. The molecule has 5 heteroatoms. The summed E-state index contributed by atoms with van der Waals surface area (Å²) in [7, 11) is 1.87. The van der Waals surface area contributed by atoms with Crippen LogP contribution < -0.4 is 4.74 Å². The number of hydrogen-bond acceptors (Lipinski definition) is 3. The van der Waals surface area contributed by atoms with E-state index in [-0.39, 0.29) is 12.5 Å². The molecule has 1 aromatic carbocycles. The lowest BCUT2D eigenvalue weighted by Crippen LogP contribution is -2.38.